The second-order valence-corrected chi connectivity index (χ2v) is 4.12. The number of nitrogens with zero attached hydrogens (tertiary/aromatic N) is 1. The van der Waals surface area contributed by atoms with Gasteiger partial charge < -0.3 is 20.5 Å². The van der Waals surface area contributed by atoms with Gasteiger partial charge in [-0.1, -0.05) is 6.07 Å². The summed E-state index contributed by atoms with van der Waals surface area (Å²) < 4.78 is 5.15. The second kappa shape index (κ2) is 4.63. The van der Waals surface area contributed by atoms with Gasteiger partial charge >= 0.3 is 0 Å². The molecule has 1 saturated heterocycles. The number of rotatable bonds is 2. The van der Waals surface area contributed by atoms with Gasteiger partial charge in [-0.3, -0.25) is 4.79 Å². The van der Waals surface area contributed by atoms with Gasteiger partial charge in [-0.25, -0.2) is 0 Å². The normalized spacial score (nSPS) is 19.4. The number of benzene rings is 1. The molecule has 0 spiro atoms. The van der Waals surface area contributed by atoms with Crippen LogP contribution in [-0.2, 0) is 0 Å². The first-order valence-corrected chi connectivity index (χ1v) is 5.53. The maximum absolute atomic E-state index is 12.2. The number of ether oxygens (including phenoxy) is 1. The Kier molecular flexibility index (Phi) is 3.19. The van der Waals surface area contributed by atoms with Crippen molar-refractivity contribution in [1.82, 2.24) is 4.90 Å². The molecule has 92 valence electrons. The van der Waals surface area contributed by atoms with E-state index in [9.17, 15) is 9.90 Å². The molecule has 1 atom stereocenters. The topological polar surface area (TPSA) is 75.8 Å². The van der Waals surface area contributed by atoms with Gasteiger partial charge in [0.25, 0.3) is 5.91 Å². The van der Waals surface area contributed by atoms with E-state index in [4.69, 9.17) is 10.5 Å². The fourth-order valence-electron chi connectivity index (χ4n) is 2.05. The summed E-state index contributed by atoms with van der Waals surface area (Å²) in [5.74, 6) is 0.254. The van der Waals surface area contributed by atoms with Crippen molar-refractivity contribution >= 4 is 11.6 Å². The van der Waals surface area contributed by atoms with Crippen LogP contribution in [0, 0.1) is 0 Å². The average molecular weight is 236 g/mol. The van der Waals surface area contributed by atoms with Gasteiger partial charge in [0.05, 0.1) is 24.5 Å². The summed E-state index contributed by atoms with van der Waals surface area (Å²) in [6.45, 7) is 0.939. The second-order valence-electron chi connectivity index (χ2n) is 4.12. The molecule has 1 heterocycles. The number of methoxy groups -OCH3 is 1. The number of nitrogen functional groups attached to an aromatic ring is 1. The van der Waals surface area contributed by atoms with E-state index in [1.165, 1.54) is 7.11 Å². The van der Waals surface area contributed by atoms with Crippen molar-refractivity contribution in [2.75, 3.05) is 25.9 Å². The first-order valence-electron chi connectivity index (χ1n) is 5.53. The number of amides is 1. The van der Waals surface area contributed by atoms with Gasteiger partial charge in [0.1, 0.15) is 0 Å². The standard InChI is InChI=1S/C12H16N2O3/c1-17-11-9(3-2-4-10(11)13)12(16)14-6-5-8(15)7-14/h2-4,8,15H,5-7,13H2,1H3. The maximum Gasteiger partial charge on any atom is 0.257 e. The Morgan fingerprint density at radius 1 is 1.59 bits per heavy atom. The molecule has 0 aromatic heterocycles. The van der Waals surface area contributed by atoms with Crippen molar-refractivity contribution in [3.63, 3.8) is 0 Å². The van der Waals surface area contributed by atoms with Crippen LogP contribution in [0.3, 0.4) is 0 Å². The summed E-state index contributed by atoms with van der Waals surface area (Å²) in [5.41, 5.74) is 6.64. The summed E-state index contributed by atoms with van der Waals surface area (Å²) in [6, 6.07) is 5.09. The lowest BCUT2D eigenvalue weighted by molar-refractivity contribution is 0.0761. The van der Waals surface area contributed by atoms with Crippen molar-refractivity contribution in [3.8, 4) is 5.75 Å². The molecular weight excluding hydrogens is 220 g/mol. The van der Waals surface area contributed by atoms with Crippen LogP contribution in [0.1, 0.15) is 16.8 Å². The Morgan fingerprint density at radius 2 is 2.35 bits per heavy atom. The van der Waals surface area contributed by atoms with Crippen LogP contribution in [0.2, 0.25) is 0 Å². The molecule has 1 aromatic carbocycles. The van der Waals surface area contributed by atoms with Crippen LogP contribution in [0.25, 0.3) is 0 Å². The third-order valence-corrected chi connectivity index (χ3v) is 2.93. The number of aliphatic hydroxyl groups excluding tert-OH is 1. The van der Waals surface area contributed by atoms with E-state index in [1.807, 2.05) is 0 Å². The van der Waals surface area contributed by atoms with Crippen molar-refractivity contribution in [2.45, 2.75) is 12.5 Å². The Hall–Kier alpha value is -1.75. The minimum atomic E-state index is -0.425. The van der Waals surface area contributed by atoms with Crippen LogP contribution in [-0.4, -0.2) is 42.2 Å². The zero-order valence-electron chi connectivity index (χ0n) is 9.72. The van der Waals surface area contributed by atoms with Gasteiger partial charge in [0.2, 0.25) is 0 Å². The molecule has 0 aliphatic carbocycles. The van der Waals surface area contributed by atoms with Crippen LogP contribution in [0.5, 0.6) is 5.75 Å². The van der Waals surface area contributed by atoms with E-state index in [0.29, 0.717) is 36.5 Å². The maximum atomic E-state index is 12.2. The number of β-amino-alcohol motifs (C(OH)–C–C–N with tert-alkyl or cyclic N) is 1. The predicted octanol–water partition coefficient (Wildman–Crippen LogP) is 0.484. The average Bonchev–Trinajstić information content (AvgIpc) is 2.74. The molecule has 0 radical (unpaired) electrons. The molecule has 5 heteroatoms. The van der Waals surface area contributed by atoms with E-state index in [-0.39, 0.29) is 5.91 Å². The number of nitrogens with two attached hydrogens (primary N) is 1. The molecule has 1 aliphatic heterocycles. The summed E-state index contributed by atoms with van der Waals surface area (Å²) >= 11 is 0. The zero-order valence-corrected chi connectivity index (χ0v) is 9.72. The van der Waals surface area contributed by atoms with E-state index in [1.54, 1.807) is 23.1 Å². The Balaban J connectivity index is 2.28. The molecular formula is C12H16N2O3. The molecule has 1 aromatic rings. The molecule has 17 heavy (non-hydrogen) atoms. The highest BCUT2D eigenvalue weighted by atomic mass is 16.5. The lowest BCUT2D eigenvalue weighted by atomic mass is 10.1. The molecule has 0 saturated carbocycles. The molecule has 1 fully saturated rings. The Morgan fingerprint density at radius 3 is 2.94 bits per heavy atom. The number of para-hydroxylation sites is 1. The summed E-state index contributed by atoms with van der Waals surface area (Å²) in [5, 5.41) is 9.43. The molecule has 1 unspecified atom stereocenters. The van der Waals surface area contributed by atoms with E-state index in [0.717, 1.165) is 0 Å². The monoisotopic (exact) mass is 236 g/mol. The first kappa shape index (κ1) is 11.7. The SMILES string of the molecule is COc1c(N)cccc1C(=O)N1CCC(O)C1. The van der Waals surface area contributed by atoms with Crippen LogP contribution >= 0.6 is 0 Å². The fraction of sp³-hybridized carbons (Fsp3) is 0.417. The smallest absolute Gasteiger partial charge is 0.257 e. The number of carbonyl (C=O) groups is 1. The highest BCUT2D eigenvalue weighted by molar-refractivity contribution is 5.98. The third kappa shape index (κ3) is 2.19. The minimum absolute atomic E-state index is 0.147. The summed E-state index contributed by atoms with van der Waals surface area (Å²) in [6.07, 6.45) is 0.196. The van der Waals surface area contributed by atoms with Crippen LogP contribution in [0.4, 0.5) is 5.69 Å². The van der Waals surface area contributed by atoms with Gasteiger partial charge in [0.15, 0.2) is 5.75 Å². The van der Waals surface area contributed by atoms with Gasteiger partial charge in [-0.15, -0.1) is 0 Å². The number of hydrogen-bond donors (Lipinski definition) is 2. The number of anilines is 1. The van der Waals surface area contributed by atoms with E-state index < -0.39 is 6.10 Å². The highest BCUT2D eigenvalue weighted by Crippen LogP contribution is 2.27. The first-order chi connectivity index (χ1) is 8.13. The molecule has 5 nitrogen and oxygen atoms in total. The molecule has 0 bridgehead atoms. The molecule has 3 N–H and O–H groups in total. The van der Waals surface area contributed by atoms with Gasteiger partial charge in [-0.2, -0.15) is 0 Å². The van der Waals surface area contributed by atoms with E-state index in [2.05, 4.69) is 0 Å². The molecule has 2 rings (SSSR count). The minimum Gasteiger partial charge on any atom is -0.494 e. The molecule has 1 aliphatic rings. The number of likely N-dealkylation sites (tertiary alicyclic amines) is 1. The summed E-state index contributed by atoms with van der Waals surface area (Å²) in [4.78, 5) is 13.8. The number of hydrogen-bond acceptors (Lipinski definition) is 4. The highest BCUT2D eigenvalue weighted by Gasteiger charge is 2.27. The largest absolute Gasteiger partial charge is 0.494 e. The van der Waals surface area contributed by atoms with Crippen molar-refractivity contribution in [1.29, 1.82) is 0 Å². The predicted molar refractivity (Wildman–Crippen MR) is 63.9 cm³/mol. The lowest BCUT2D eigenvalue weighted by Gasteiger charge is -2.18. The van der Waals surface area contributed by atoms with Gasteiger partial charge in [-0.05, 0) is 18.6 Å². The number of carbonyl (C=O) groups excluding carboxylic acids is 1. The quantitative estimate of drug-likeness (QED) is 0.732. The zero-order chi connectivity index (χ0) is 12.4. The summed E-state index contributed by atoms with van der Waals surface area (Å²) in [7, 11) is 1.49. The van der Waals surface area contributed by atoms with Crippen molar-refractivity contribution in [3.05, 3.63) is 23.8 Å². The van der Waals surface area contributed by atoms with Crippen LogP contribution < -0.4 is 10.5 Å². The van der Waals surface area contributed by atoms with Gasteiger partial charge in [0, 0.05) is 13.1 Å². The number of aliphatic hydroxyl groups is 1. The Bertz CT molecular complexity index is 434. The molecule has 1 amide bonds. The third-order valence-electron chi connectivity index (χ3n) is 2.93. The Labute approximate surface area is 99.8 Å². The van der Waals surface area contributed by atoms with E-state index >= 15 is 0 Å². The fourth-order valence-corrected chi connectivity index (χ4v) is 2.05. The lowest BCUT2D eigenvalue weighted by Crippen LogP contribution is -2.29. The van der Waals surface area contributed by atoms with Crippen molar-refractivity contribution < 1.29 is 14.6 Å². The van der Waals surface area contributed by atoms with Crippen molar-refractivity contribution in [2.24, 2.45) is 0 Å². The van der Waals surface area contributed by atoms with Crippen LogP contribution in [0.15, 0.2) is 18.2 Å².